The first-order chi connectivity index (χ1) is 17.5. The molecule has 1 saturated heterocycles. The highest BCUT2D eigenvalue weighted by Crippen LogP contribution is 2.38. The van der Waals surface area contributed by atoms with Crippen LogP contribution in [-0.2, 0) is 18.1 Å². The number of benzene rings is 2. The highest BCUT2D eigenvalue weighted by molar-refractivity contribution is 6.30. The highest BCUT2D eigenvalue weighted by atomic mass is 35.5. The van der Waals surface area contributed by atoms with E-state index < -0.39 is 29.1 Å². The Hall–Kier alpha value is -3.17. The van der Waals surface area contributed by atoms with Crippen LogP contribution in [0.15, 0.2) is 66.9 Å². The maximum absolute atomic E-state index is 14.7. The molecule has 37 heavy (non-hydrogen) atoms. The summed E-state index contributed by atoms with van der Waals surface area (Å²) in [5.41, 5.74) is -1.96. The Kier molecular flexibility index (Phi) is 8.04. The molecule has 5 nitrogen and oxygen atoms in total. The van der Waals surface area contributed by atoms with Crippen molar-refractivity contribution in [3.05, 3.63) is 100 Å². The smallest absolute Gasteiger partial charge is 0.335 e. The molecule has 0 aliphatic carbocycles. The van der Waals surface area contributed by atoms with E-state index in [4.69, 9.17) is 11.6 Å². The number of carbonyl (C=O) groups excluding carboxylic acids is 1. The van der Waals surface area contributed by atoms with Crippen LogP contribution in [0.4, 0.5) is 22.4 Å². The number of nitrogens with one attached hydrogen (secondary N) is 2. The van der Waals surface area contributed by atoms with Crippen LogP contribution in [0.25, 0.3) is 0 Å². The molecular weight excluding hydrogens is 508 g/mol. The molecule has 1 atom stereocenters. The minimum atomic E-state index is -4.79. The summed E-state index contributed by atoms with van der Waals surface area (Å²) in [4.78, 5) is 19.9. The number of hydrogen-bond acceptors (Lipinski definition) is 3. The van der Waals surface area contributed by atoms with Gasteiger partial charge in [0.05, 0.1) is 16.3 Å². The molecule has 2 aromatic carbocycles. The van der Waals surface area contributed by atoms with Gasteiger partial charge in [-0.1, -0.05) is 41.9 Å². The average molecular weight is 535 g/mol. The van der Waals surface area contributed by atoms with Crippen LogP contribution in [0.3, 0.4) is 0 Å². The molecule has 2 amide bonds. The lowest BCUT2D eigenvalue weighted by Gasteiger charge is -2.37. The summed E-state index contributed by atoms with van der Waals surface area (Å²) < 4.78 is 55.8. The predicted octanol–water partition coefficient (Wildman–Crippen LogP) is 5.77. The van der Waals surface area contributed by atoms with E-state index in [1.807, 2.05) is 7.05 Å². The lowest BCUT2D eigenvalue weighted by molar-refractivity contribution is -0.137. The molecule has 0 spiro atoms. The van der Waals surface area contributed by atoms with Crippen molar-refractivity contribution >= 4 is 17.6 Å². The Bertz CT molecular complexity index is 1220. The fraction of sp³-hybridized carbons (Fsp3) is 0.333. The van der Waals surface area contributed by atoms with Crippen LogP contribution in [0.2, 0.25) is 5.02 Å². The van der Waals surface area contributed by atoms with E-state index >= 15 is 0 Å². The summed E-state index contributed by atoms with van der Waals surface area (Å²) in [6.45, 7) is 1.61. The normalized spacial score (nSPS) is 16.7. The number of likely N-dealkylation sites (tertiary alicyclic amines) is 1. The Labute approximate surface area is 217 Å². The fourth-order valence-electron chi connectivity index (χ4n) is 4.62. The monoisotopic (exact) mass is 534 g/mol. The largest absolute Gasteiger partial charge is 0.416 e. The van der Waals surface area contributed by atoms with E-state index in [2.05, 4.69) is 20.5 Å². The first-order valence-electron chi connectivity index (χ1n) is 11.9. The summed E-state index contributed by atoms with van der Waals surface area (Å²) in [6, 6.07) is 13.6. The number of halogens is 5. The number of nitrogens with zero attached hydrogens (tertiary/aromatic N) is 2. The van der Waals surface area contributed by atoms with Gasteiger partial charge in [0.15, 0.2) is 0 Å². The van der Waals surface area contributed by atoms with Gasteiger partial charge in [0.1, 0.15) is 11.4 Å². The van der Waals surface area contributed by atoms with Gasteiger partial charge >= 0.3 is 12.2 Å². The second-order valence-corrected chi connectivity index (χ2v) is 9.77. The SMILES string of the molecule is CN1CCC(NC(=O)N[C@@](Cc2ccccc2)(c2cc(F)cc(C(F)(F)F)c2)c2ccc(Cl)cn2)CC1. The summed E-state index contributed by atoms with van der Waals surface area (Å²) in [5.74, 6) is -1.08. The standard InChI is InChI=1S/C27H27ClF4N4O/c1-36-11-9-23(10-12-36)34-25(37)35-26(16-18-5-3-2-4-6-18,24-8-7-21(28)17-33-24)19-13-20(27(30,31)32)15-22(29)14-19/h2-8,13-15,17,23H,9-12,16H2,1H3,(H2,34,35,37)/t26-/m0/s1. The Morgan fingerprint density at radius 2 is 1.73 bits per heavy atom. The Balaban J connectivity index is 1.84. The first kappa shape index (κ1) is 26.9. The van der Waals surface area contributed by atoms with Gasteiger partial charge in [-0.2, -0.15) is 13.2 Å². The van der Waals surface area contributed by atoms with Crippen molar-refractivity contribution < 1.29 is 22.4 Å². The van der Waals surface area contributed by atoms with Crippen LogP contribution in [0.5, 0.6) is 0 Å². The highest BCUT2D eigenvalue weighted by Gasteiger charge is 2.41. The zero-order chi connectivity index (χ0) is 26.6. The number of urea groups is 1. The van der Waals surface area contributed by atoms with E-state index in [0.717, 1.165) is 38.1 Å². The van der Waals surface area contributed by atoms with E-state index in [0.29, 0.717) is 16.7 Å². The molecule has 0 saturated carbocycles. The molecule has 3 aromatic rings. The zero-order valence-corrected chi connectivity index (χ0v) is 20.9. The number of amides is 2. The lowest BCUT2D eigenvalue weighted by atomic mass is 9.79. The summed E-state index contributed by atoms with van der Waals surface area (Å²) in [6.07, 6.45) is -1.97. The predicted molar refractivity (Wildman–Crippen MR) is 134 cm³/mol. The molecule has 4 rings (SSSR count). The lowest BCUT2D eigenvalue weighted by Crippen LogP contribution is -2.55. The van der Waals surface area contributed by atoms with Gasteiger partial charge < -0.3 is 15.5 Å². The molecule has 2 N–H and O–H groups in total. The van der Waals surface area contributed by atoms with Crippen LogP contribution >= 0.6 is 11.6 Å². The number of rotatable bonds is 6. The van der Waals surface area contributed by atoms with Crippen molar-refractivity contribution in [3.63, 3.8) is 0 Å². The molecule has 1 aliphatic heterocycles. The number of pyridine rings is 1. The van der Waals surface area contributed by atoms with Crippen LogP contribution in [0.1, 0.15) is 35.2 Å². The van der Waals surface area contributed by atoms with E-state index in [-0.39, 0.29) is 23.7 Å². The number of carbonyl (C=O) groups is 1. The van der Waals surface area contributed by atoms with Crippen molar-refractivity contribution in [1.29, 1.82) is 0 Å². The zero-order valence-electron chi connectivity index (χ0n) is 20.2. The van der Waals surface area contributed by atoms with Gasteiger partial charge in [-0.15, -0.1) is 0 Å². The maximum Gasteiger partial charge on any atom is 0.416 e. The third kappa shape index (κ3) is 6.59. The van der Waals surface area contributed by atoms with E-state index in [1.165, 1.54) is 18.3 Å². The average Bonchev–Trinajstić information content (AvgIpc) is 2.85. The molecule has 1 fully saturated rings. The number of piperidine rings is 1. The van der Waals surface area contributed by atoms with Gasteiger partial charge in [0.25, 0.3) is 0 Å². The topological polar surface area (TPSA) is 57.3 Å². The molecule has 10 heteroatoms. The Morgan fingerprint density at radius 1 is 1.05 bits per heavy atom. The molecule has 2 heterocycles. The summed E-state index contributed by atoms with van der Waals surface area (Å²) in [5, 5.41) is 6.15. The number of hydrogen-bond donors (Lipinski definition) is 2. The minimum absolute atomic E-state index is 0.0179. The van der Waals surface area contributed by atoms with Gasteiger partial charge in [-0.3, -0.25) is 4.98 Å². The van der Waals surface area contributed by atoms with Crippen molar-refractivity contribution in [2.45, 2.75) is 37.0 Å². The maximum atomic E-state index is 14.7. The molecule has 0 bridgehead atoms. The van der Waals surface area contributed by atoms with Crippen LogP contribution in [0, 0.1) is 5.82 Å². The second kappa shape index (κ2) is 11.1. The second-order valence-electron chi connectivity index (χ2n) is 9.33. The molecule has 0 unspecified atom stereocenters. The third-order valence-electron chi connectivity index (χ3n) is 6.58. The fourth-order valence-corrected chi connectivity index (χ4v) is 4.73. The molecule has 1 aromatic heterocycles. The molecule has 0 radical (unpaired) electrons. The minimum Gasteiger partial charge on any atom is -0.335 e. The quantitative estimate of drug-likeness (QED) is 0.395. The van der Waals surface area contributed by atoms with Crippen molar-refractivity contribution in [2.75, 3.05) is 20.1 Å². The number of aromatic nitrogens is 1. The molecule has 196 valence electrons. The van der Waals surface area contributed by atoms with Crippen molar-refractivity contribution in [1.82, 2.24) is 20.5 Å². The van der Waals surface area contributed by atoms with E-state index in [1.54, 1.807) is 30.3 Å². The summed E-state index contributed by atoms with van der Waals surface area (Å²) in [7, 11) is 2.00. The molecular formula is C27H27ClF4N4O. The Morgan fingerprint density at radius 3 is 2.35 bits per heavy atom. The number of alkyl halides is 3. The van der Waals surface area contributed by atoms with Gasteiger partial charge in [-0.25, -0.2) is 9.18 Å². The van der Waals surface area contributed by atoms with Crippen molar-refractivity contribution in [3.8, 4) is 0 Å². The van der Waals surface area contributed by atoms with Gasteiger partial charge in [0.2, 0.25) is 0 Å². The summed E-state index contributed by atoms with van der Waals surface area (Å²) >= 11 is 6.05. The van der Waals surface area contributed by atoms with Gasteiger partial charge in [-0.05, 0) is 74.4 Å². The van der Waals surface area contributed by atoms with E-state index in [9.17, 15) is 22.4 Å². The van der Waals surface area contributed by atoms with Crippen LogP contribution < -0.4 is 10.6 Å². The molecule has 1 aliphatic rings. The van der Waals surface area contributed by atoms with Gasteiger partial charge in [0, 0.05) is 18.7 Å². The first-order valence-corrected chi connectivity index (χ1v) is 12.2. The van der Waals surface area contributed by atoms with Crippen molar-refractivity contribution in [2.24, 2.45) is 0 Å². The third-order valence-corrected chi connectivity index (χ3v) is 6.80. The van der Waals surface area contributed by atoms with Crippen LogP contribution in [-0.4, -0.2) is 42.1 Å².